The molecule has 1 aliphatic heterocycles. The fraction of sp³-hybridized carbons (Fsp3) is 0.400. The van der Waals surface area contributed by atoms with Crippen LogP contribution in [0.2, 0.25) is 0 Å². The number of nitrogens with zero attached hydrogens (tertiary/aromatic N) is 2. The molecule has 22 heavy (non-hydrogen) atoms. The largest absolute Gasteiger partial charge is 0.351 e. The van der Waals surface area contributed by atoms with Crippen LogP contribution in [0.1, 0.15) is 17.3 Å². The number of primary amides is 1. The molecular weight excluding hydrogens is 284 g/mol. The van der Waals surface area contributed by atoms with E-state index in [-0.39, 0.29) is 5.91 Å². The van der Waals surface area contributed by atoms with E-state index in [9.17, 15) is 14.4 Å². The summed E-state index contributed by atoms with van der Waals surface area (Å²) in [6.45, 7) is 3.95. The zero-order valence-electron chi connectivity index (χ0n) is 12.5. The van der Waals surface area contributed by atoms with Gasteiger partial charge in [0.1, 0.15) is 0 Å². The molecule has 118 valence electrons. The molecule has 0 spiro atoms. The molecule has 0 unspecified atom stereocenters. The zero-order chi connectivity index (χ0) is 16.1. The number of nitrogens with two attached hydrogens (primary N) is 1. The van der Waals surface area contributed by atoms with E-state index >= 15 is 0 Å². The fourth-order valence-corrected chi connectivity index (χ4v) is 2.47. The number of urea groups is 1. The molecule has 0 saturated carbocycles. The van der Waals surface area contributed by atoms with Gasteiger partial charge >= 0.3 is 6.03 Å². The van der Waals surface area contributed by atoms with Crippen molar-refractivity contribution >= 4 is 17.8 Å². The molecule has 7 heteroatoms. The highest BCUT2D eigenvalue weighted by molar-refractivity contribution is 5.96. The third-order valence-corrected chi connectivity index (χ3v) is 3.80. The van der Waals surface area contributed by atoms with E-state index in [4.69, 9.17) is 5.73 Å². The number of benzene rings is 1. The molecule has 1 fully saturated rings. The van der Waals surface area contributed by atoms with Gasteiger partial charge in [0.2, 0.25) is 5.91 Å². The Morgan fingerprint density at radius 1 is 1.09 bits per heavy atom. The molecule has 1 aromatic carbocycles. The zero-order valence-corrected chi connectivity index (χ0v) is 12.5. The highest BCUT2D eigenvalue weighted by atomic mass is 16.2. The van der Waals surface area contributed by atoms with Crippen LogP contribution in [0, 0.1) is 0 Å². The minimum absolute atomic E-state index is 0.00510. The Hall–Kier alpha value is -2.41. The van der Waals surface area contributed by atoms with Gasteiger partial charge < -0.3 is 10.6 Å². The summed E-state index contributed by atoms with van der Waals surface area (Å²) < 4.78 is 0. The summed E-state index contributed by atoms with van der Waals surface area (Å²) in [5.41, 5.74) is 5.61. The normalized spacial score (nSPS) is 16.9. The molecular formula is C15H20N4O3. The summed E-state index contributed by atoms with van der Waals surface area (Å²) in [7, 11) is 0. The van der Waals surface area contributed by atoms with Crippen molar-refractivity contribution in [2.75, 3.05) is 26.2 Å². The maximum atomic E-state index is 12.3. The van der Waals surface area contributed by atoms with Crippen LogP contribution in [0.5, 0.6) is 0 Å². The molecule has 0 bridgehead atoms. The third kappa shape index (κ3) is 3.82. The molecule has 0 radical (unpaired) electrons. The first kappa shape index (κ1) is 16.0. The third-order valence-electron chi connectivity index (χ3n) is 3.80. The van der Waals surface area contributed by atoms with Crippen molar-refractivity contribution in [1.82, 2.24) is 15.1 Å². The molecule has 1 heterocycles. The average Bonchev–Trinajstić information content (AvgIpc) is 2.54. The van der Waals surface area contributed by atoms with Gasteiger partial charge in [0.25, 0.3) is 5.91 Å². The predicted molar refractivity (Wildman–Crippen MR) is 81.1 cm³/mol. The maximum absolute atomic E-state index is 12.3. The number of carbonyl (C=O) groups is 3. The van der Waals surface area contributed by atoms with Gasteiger partial charge in [-0.3, -0.25) is 19.8 Å². The van der Waals surface area contributed by atoms with Crippen molar-refractivity contribution in [2.24, 2.45) is 5.73 Å². The average molecular weight is 304 g/mol. The van der Waals surface area contributed by atoms with E-state index in [1.807, 2.05) is 23.1 Å². The van der Waals surface area contributed by atoms with Gasteiger partial charge in [0, 0.05) is 31.7 Å². The Bertz CT molecular complexity index is 553. The van der Waals surface area contributed by atoms with Gasteiger partial charge in [0.05, 0.1) is 6.04 Å². The van der Waals surface area contributed by atoms with Gasteiger partial charge in [-0.25, -0.2) is 4.79 Å². The lowest BCUT2D eigenvalue weighted by molar-refractivity contribution is -0.125. The molecule has 2 rings (SSSR count). The lowest BCUT2D eigenvalue weighted by Crippen LogP contribution is -2.55. The fourth-order valence-electron chi connectivity index (χ4n) is 2.47. The Kier molecular flexibility index (Phi) is 5.11. The molecule has 1 aliphatic rings. The Morgan fingerprint density at radius 2 is 1.68 bits per heavy atom. The molecule has 1 aromatic rings. The number of carbonyl (C=O) groups excluding carboxylic acids is 3. The molecule has 1 saturated heterocycles. The van der Waals surface area contributed by atoms with Crippen molar-refractivity contribution < 1.29 is 14.4 Å². The predicted octanol–water partition coefficient (Wildman–Crippen LogP) is 0.0278. The van der Waals surface area contributed by atoms with Crippen LogP contribution >= 0.6 is 0 Å². The summed E-state index contributed by atoms with van der Waals surface area (Å²) in [5, 5.41) is 2.08. The quantitative estimate of drug-likeness (QED) is 0.823. The first-order chi connectivity index (χ1) is 10.5. The van der Waals surface area contributed by atoms with Crippen molar-refractivity contribution in [3.05, 3.63) is 35.9 Å². The van der Waals surface area contributed by atoms with Crippen LogP contribution < -0.4 is 11.1 Å². The summed E-state index contributed by atoms with van der Waals surface area (Å²) in [5.74, 6) is -0.426. The molecule has 7 nitrogen and oxygen atoms in total. The van der Waals surface area contributed by atoms with Crippen molar-refractivity contribution in [1.29, 1.82) is 0 Å². The summed E-state index contributed by atoms with van der Waals surface area (Å²) >= 11 is 0. The van der Waals surface area contributed by atoms with Crippen molar-refractivity contribution in [3.8, 4) is 0 Å². The number of amides is 4. The van der Waals surface area contributed by atoms with Gasteiger partial charge in [-0.1, -0.05) is 18.2 Å². The van der Waals surface area contributed by atoms with Crippen LogP contribution in [0.25, 0.3) is 0 Å². The van der Waals surface area contributed by atoms with Gasteiger partial charge in [-0.15, -0.1) is 0 Å². The standard InChI is InChI=1S/C15H20N4O3/c1-11(13(20)17-15(16)22)18-7-9-19(10-8-18)14(21)12-5-3-2-4-6-12/h2-6,11H,7-10H2,1H3,(H3,16,17,20,22)/t11-/m0/s1. The van der Waals surface area contributed by atoms with Crippen LogP contribution in [-0.2, 0) is 4.79 Å². The summed E-state index contributed by atoms with van der Waals surface area (Å²) in [6.07, 6.45) is 0. The number of hydrogen-bond acceptors (Lipinski definition) is 4. The minimum Gasteiger partial charge on any atom is -0.351 e. The van der Waals surface area contributed by atoms with Gasteiger partial charge in [0.15, 0.2) is 0 Å². The molecule has 3 N–H and O–H groups in total. The number of hydrogen-bond donors (Lipinski definition) is 2. The monoisotopic (exact) mass is 304 g/mol. The van der Waals surface area contributed by atoms with Crippen LogP contribution in [0.4, 0.5) is 4.79 Å². The minimum atomic E-state index is -0.852. The summed E-state index contributed by atoms with van der Waals surface area (Å²) in [6, 6.07) is 7.80. The topological polar surface area (TPSA) is 95.7 Å². The van der Waals surface area contributed by atoms with E-state index in [0.29, 0.717) is 31.7 Å². The second-order valence-corrected chi connectivity index (χ2v) is 5.22. The molecule has 1 atom stereocenters. The first-order valence-electron chi connectivity index (χ1n) is 7.17. The van der Waals surface area contributed by atoms with Gasteiger partial charge in [-0.05, 0) is 19.1 Å². The lowest BCUT2D eigenvalue weighted by atomic mass is 10.1. The van der Waals surface area contributed by atoms with Crippen molar-refractivity contribution in [2.45, 2.75) is 13.0 Å². The first-order valence-corrected chi connectivity index (χ1v) is 7.17. The van der Waals surface area contributed by atoms with E-state index in [0.717, 1.165) is 0 Å². The Balaban J connectivity index is 1.89. The number of rotatable bonds is 3. The second-order valence-electron chi connectivity index (χ2n) is 5.22. The van der Waals surface area contributed by atoms with E-state index < -0.39 is 18.0 Å². The second kappa shape index (κ2) is 7.04. The summed E-state index contributed by atoms with van der Waals surface area (Å²) in [4.78, 5) is 38.5. The highest BCUT2D eigenvalue weighted by Gasteiger charge is 2.28. The van der Waals surface area contributed by atoms with Gasteiger partial charge in [-0.2, -0.15) is 0 Å². The van der Waals surface area contributed by atoms with Crippen LogP contribution in [0.15, 0.2) is 30.3 Å². The smallest absolute Gasteiger partial charge is 0.318 e. The van der Waals surface area contributed by atoms with Crippen LogP contribution in [-0.4, -0.2) is 59.9 Å². The van der Waals surface area contributed by atoms with Crippen LogP contribution in [0.3, 0.4) is 0 Å². The highest BCUT2D eigenvalue weighted by Crippen LogP contribution is 2.10. The van der Waals surface area contributed by atoms with E-state index in [1.54, 1.807) is 24.0 Å². The lowest BCUT2D eigenvalue weighted by Gasteiger charge is -2.37. The molecule has 0 aromatic heterocycles. The maximum Gasteiger partial charge on any atom is 0.318 e. The Labute approximate surface area is 129 Å². The SMILES string of the molecule is C[C@@H](C(=O)NC(N)=O)N1CCN(C(=O)c2ccccc2)CC1. The number of imide groups is 1. The van der Waals surface area contributed by atoms with E-state index in [1.165, 1.54) is 0 Å². The number of piperazine rings is 1. The Morgan fingerprint density at radius 3 is 2.23 bits per heavy atom. The molecule has 4 amide bonds. The van der Waals surface area contributed by atoms with Crippen molar-refractivity contribution in [3.63, 3.8) is 0 Å². The molecule has 0 aliphatic carbocycles. The van der Waals surface area contributed by atoms with E-state index in [2.05, 4.69) is 5.32 Å². The number of nitrogens with one attached hydrogen (secondary N) is 1.